The summed E-state index contributed by atoms with van der Waals surface area (Å²) in [5.41, 5.74) is -0.296. The molecule has 1 aliphatic rings. The first-order valence-corrected chi connectivity index (χ1v) is 4.51. The van der Waals surface area contributed by atoms with Gasteiger partial charge < -0.3 is 5.11 Å². The molecule has 0 radical (unpaired) electrons. The minimum Gasteiger partial charge on any atom is -0.481 e. The summed E-state index contributed by atoms with van der Waals surface area (Å²) < 4.78 is 0. The van der Waals surface area contributed by atoms with Crippen molar-refractivity contribution in [2.75, 3.05) is 0 Å². The molecule has 1 rings (SSSR count). The Morgan fingerprint density at radius 2 is 1.92 bits per heavy atom. The van der Waals surface area contributed by atoms with Gasteiger partial charge in [0.1, 0.15) is 0 Å². The van der Waals surface area contributed by atoms with Crippen molar-refractivity contribution in [1.82, 2.24) is 0 Å². The molecule has 0 bridgehead atoms. The van der Waals surface area contributed by atoms with Gasteiger partial charge in [-0.1, -0.05) is 20.8 Å². The van der Waals surface area contributed by atoms with Gasteiger partial charge >= 0.3 is 5.97 Å². The van der Waals surface area contributed by atoms with Gasteiger partial charge in [0.25, 0.3) is 0 Å². The molecule has 0 saturated heterocycles. The second-order valence-electron chi connectivity index (χ2n) is 5.17. The monoisotopic (exact) mass is 170 g/mol. The molecule has 0 unspecified atom stereocenters. The number of aliphatic carboxylic acids is 1. The molecule has 0 aromatic rings. The molecule has 0 aromatic heterocycles. The molecule has 12 heavy (non-hydrogen) atoms. The van der Waals surface area contributed by atoms with Crippen molar-refractivity contribution >= 4 is 5.97 Å². The lowest BCUT2D eigenvalue weighted by Gasteiger charge is -2.24. The van der Waals surface area contributed by atoms with Crippen LogP contribution < -0.4 is 0 Å². The van der Waals surface area contributed by atoms with Crippen LogP contribution in [0.3, 0.4) is 0 Å². The highest BCUT2D eigenvalue weighted by molar-refractivity contribution is 5.75. The second-order valence-corrected chi connectivity index (χ2v) is 5.17. The summed E-state index contributed by atoms with van der Waals surface area (Å²) in [5.74, 6) is -0.342. The molecule has 0 aliphatic heterocycles. The Labute approximate surface area is 74.0 Å². The smallest absolute Gasteiger partial charge is 0.309 e. The average Bonchev–Trinajstić information content (AvgIpc) is 2.03. The van der Waals surface area contributed by atoms with E-state index in [-0.39, 0.29) is 5.41 Å². The van der Waals surface area contributed by atoms with Gasteiger partial charge in [0, 0.05) is 0 Å². The molecule has 1 N–H and O–H groups in total. The molecule has 0 spiro atoms. The van der Waals surface area contributed by atoms with Gasteiger partial charge in [0.15, 0.2) is 0 Å². The summed E-state index contributed by atoms with van der Waals surface area (Å²) in [5, 5.41) is 9.08. The Bertz CT molecular complexity index is 208. The predicted octanol–water partition coefficient (Wildman–Crippen LogP) is 2.53. The number of hydrogen-bond acceptors (Lipinski definition) is 1. The summed E-state index contributed by atoms with van der Waals surface area (Å²) in [6, 6.07) is 0. The maximum atomic E-state index is 11.0. The van der Waals surface area contributed by atoms with E-state index in [4.69, 9.17) is 5.11 Å². The fourth-order valence-corrected chi connectivity index (χ4v) is 2.58. The predicted molar refractivity (Wildman–Crippen MR) is 47.9 cm³/mol. The van der Waals surface area contributed by atoms with Crippen molar-refractivity contribution in [3.8, 4) is 0 Å². The van der Waals surface area contributed by atoms with Gasteiger partial charge in [0.05, 0.1) is 5.41 Å². The molecule has 2 nitrogen and oxygen atoms in total. The Kier molecular flexibility index (Phi) is 1.97. The first-order valence-electron chi connectivity index (χ1n) is 4.51. The Morgan fingerprint density at radius 1 is 1.42 bits per heavy atom. The lowest BCUT2D eigenvalue weighted by Crippen LogP contribution is -2.30. The maximum absolute atomic E-state index is 11.0. The van der Waals surface area contributed by atoms with Gasteiger partial charge in [0.2, 0.25) is 0 Å². The maximum Gasteiger partial charge on any atom is 0.309 e. The van der Waals surface area contributed by atoms with Gasteiger partial charge in [-0.25, -0.2) is 0 Å². The van der Waals surface area contributed by atoms with E-state index in [9.17, 15) is 4.79 Å². The summed E-state index contributed by atoms with van der Waals surface area (Å²) in [4.78, 5) is 11.0. The topological polar surface area (TPSA) is 37.3 Å². The van der Waals surface area contributed by atoms with Gasteiger partial charge in [-0.05, 0) is 31.1 Å². The van der Waals surface area contributed by atoms with Crippen molar-refractivity contribution < 1.29 is 9.90 Å². The van der Waals surface area contributed by atoms with Gasteiger partial charge in [-0.15, -0.1) is 0 Å². The van der Waals surface area contributed by atoms with E-state index >= 15 is 0 Å². The van der Waals surface area contributed by atoms with E-state index in [1.807, 2.05) is 13.8 Å². The van der Waals surface area contributed by atoms with Crippen molar-refractivity contribution in [2.24, 2.45) is 16.7 Å². The third-order valence-electron chi connectivity index (χ3n) is 3.28. The van der Waals surface area contributed by atoms with Crippen LogP contribution in [0.15, 0.2) is 0 Å². The van der Waals surface area contributed by atoms with Crippen LogP contribution in [0.1, 0.15) is 40.5 Å². The van der Waals surface area contributed by atoms with Crippen molar-refractivity contribution in [2.45, 2.75) is 40.5 Å². The molecule has 70 valence electrons. The second kappa shape index (κ2) is 2.48. The Hall–Kier alpha value is -0.530. The summed E-state index contributed by atoms with van der Waals surface area (Å²) in [6.07, 6.45) is 1.83. The molecular formula is C10H18O2. The molecule has 0 amide bonds. The normalized spacial score (nSPS) is 39.8. The minimum atomic E-state index is -0.638. The zero-order chi connectivity index (χ0) is 9.57. The van der Waals surface area contributed by atoms with Crippen LogP contribution in [0.4, 0.5) is 0 Å². The standard InChI is InChI=1S/C10H18O2/c1-7-5-9(2,3)6-10(7,4)8(11)12/h7H,5-6H2,1-4H3,(H,11,12)/t7-,10-/m0/s1. The third kappa shape index (κ3) is 1.35. The highest BCUT2D eigenvalue weighted by atomic mass is 16.4. The summed E-state index contributed by atoms with van der Waals surface area (Å²) in [7, 11) is 0. The van der Waals surface area contributed by atoms with Crippen LogP contribution >= 0.6 is 0 Å². The lowest BCUT2D eigenvalue weighted by atomic mass is 9.80. The van der Waals surface area contributed by atoms with Crippen LogP contribution in [0.5, 0.6) is 0 Å². The zero-order valence-corrected chi connectivity index (χ0v) is 8.35. The van der Waals surface area contributed by atoms with Crippen molar-refractivity contribution in [3.63, 3.8) is 0 Å². The average molecular weight is 170 g/mol. The van der Waals surface area contributed by atoms with Crippen LogP contribution in [-0.4, -0.2) is 11.1 Å². The first-order chi connectivity index (χ1) is 5.28. The van der Waals surface area contributed by atoms with Crippen molar-refractivity contribution in [1.29, 1.82) is 0 Å². The van der Waals surface area contributed by atoms with E-state index in [0.717, 1.165) is 12.8 Å². The lowest BCUT2D eigenvalue weighted by molar-refractivity contribution is -0.150. The molecule has 2 atom stereocenters. The van der Waals surface area contributed by atoms with E-state index in [2.05, 4.69) is 13.8 Å². The Morgan fingerprint density at radius 3 is 2.08 bits per heavy atom. The van der Waals surface area contributed by atoms with Gasteiger partial charge in [-0.3, -0.25) is 4.79 Å². The molecule has 1 saturated carbocycles. The number of carboxylic acids is 1. The van der Waals surface area contributed by atoms with E-state index in [1.54, 1.807) is 0 Å². The quantitative estimate of drug-likeness (QED) is 0.656. The van der Waals surface area contributed by atoms with Crippen molar-refractivity contribution in [3.05, 3.63) is 0 Å². The summed E-state index contributed by atoms with van der Waals surface area (Å²) >= 11 is 0. The van der Waals surface area contributed by atoms with Crippen LogP contribution in [-0.2, 0) is 4.79 Å². The first kappa shape index (κ1) is 9.56. The van der Waals surface area contributed by atoms with Gasteiger partial charge in [-0.2, -0.15) is 0 Å². The van der Waals surface area contributed by atoms with E-state index < -0.39 is 11.4 Å². The van der Waals surface area contributed by atoms with Crippen LogP contribution in [0, 0.1) is 16.7 Å². The molecule has 1 fully saturated rings. The fraction of sp³-hybridized carbons (Fsp3) is 0.900. The zero-order valence-electron chi connectivity index (χ0n) is 8.35. The van der Waals surface area contributed by atoms with Crippen LogP contribution in [0.25, 0.3) is 0 Å². The highest BCUT2D eigenvalue weighted by Crippen LogP contribution is 2.52. The SMILES string of the molecule is C[C@H]1CC(C)(C)C[C@]1(C)C(=O)O. The molecule has 0 heterocycles. The van der Waals surface area contributed by atoms with E-state index in [1.165, 1.54) is 0 Å². The molecule has 2 heteroatoms. The number of carbonyl (C=O) groups is 1. The van der Waals surface area contributed by atoms with Crippen LogP contribution in [0.2, 0.25) is 0 Å². The minimum absolute atomic E-state index is 0.201. The summed E-state index contributed by atoms with van der Waals surface area (Å²) in [6.45, 7) is 8.22. The van der Waals surface area contributed by atoms with E-state index in [0.29, 0.717) is 5.92 Å². The largest absolute Gasteiger partial charge is 0.481 e. The number of carboxylic acid groups (broad SMARTS) is 1. The third-order valence-corrected chi connectivity index (χ3v) is 3.28. The molecule has 0 aromatic carbocycles. The fourth-order valence-electron chi connectivity index (χ4n) is 2.58. The molecule has 1 aliphatic carbocycles. The number of hydrogen-bond donors (Lipinski definition) is 1. The Balaban J connectivity index is 2.89. The highest BCUT2D eigenvalue weighted by Gasteiger charge is 2.50. The number of rotatable bonds is 1. The molecular weight excluding hydrogens is 152 g/mol.